The number of nitrogens with one attached hydrogen (secondary N) is 1. The molecular formula is C19H26FN5. The van der Waals surface area contributed by atoms with Crippen LogP contribution in [-0.2, 0) is 0 Å². The largest absolute Gasteiger partial charge is 0.338 e. The van der Waals surface area contributed by atoms with E-state index in [9.17, 15) is 4.39 Å². The molecule has 0 unspecified atom stereocenters. The summed E-state index contributed by atoms with van der Waals surface area (Å²) in [6.07, 6.45) is 0.899. The topological polar surface area (TPSA) is 43.2 Å². The van der Waals surface area contributed by atoms with Gasteiger partial charge in [-0.15, -0.1) is 0 Å². The minimum Gasteiger partial charge on any atom is -0.338 e. The maximum absolute atomic E-state index is 13.8. The molecule has 1 aromatic carbocycles. The van der Waals surface area contributed by atoms with Gasteiger partial charge in [0.05, 0.1) is 11.4 Å². The summed E-state index contributed by atoms with van der Waals surface area (Å²) in [5, 5.41) is 10.1. The fraction of sp³-hybridized carbons (Fsp3) is 0.474. The van der Waals surface area contributed by atoms with Gasteiger partial charge in [-0.05, 0) is 44.9 Å². The molecule has 3 rings (SSSR count). The quantitative estimate of drug-likeness (QED) is 0.835. The van der Waals surface area contributed by atoms with Crippen LogP contribution in [0.2, 0.25) is 0 Å². The molecule has 0 aliphatic carbocycles. The Balaban J connectivity index is 2.21. The van der Waals surface area contributed by atoms with Crippen LogP contribution in [-0.4, -0.2) is 47.8 Å². The van der Waals surface area contributed by atoms with Gasteiger partial charge in [0, 0.05) is 43.5 Å². The zero-order valence-corrected chi connectivity index (χ0v) is 15.4. The van der Waals surface area contributed by atoms with E-state index in [2.05, 4.69) is 24.1 Å². The molecule has 0 atom stereocenters. The summed E-state index contributed by atoms with van der Waals surface area (Å²) in [5.41, 5.74) is 4.79. The van der Waals surface area contributed by atoms with Crippen LogP contribution in [0.3, 0.4) is 0 Å². The first-order chi connectivity index (χ1) is 12.0. The van der Waals surface area contributed by atoms with Gasteiger partial charge in [0.15, 0.2) is 0 Å². The van der Waals surface area contributed by atoms with Crippen LogP contribution in [0.1, 0.15) is 39.7 Å². The molecule has 0 bridgehead atoms. The second-order valence-electron chi connectivity index (χ2n) is 6.65. The van der Waals surface area contributed by atoms with Crippen LogP contribution in [0.5, 0.6) is 0 Å². The molecule has 1 saturated heterocycles. The summed E-state index contributed by atoms with van der Waals surface area (Å²) in [7, 11) is 0. The van der Waals surface area contributed by atoms with E-state index in [4.69, 9.17) is 10.1 Å². The van der Waals surface area contributed by atoms with Crippen LogP contribution >= 0.6 is 0 Å². The van der Waals surface area contributed by atoms with E-state index in [1.165, 1.54) is 17.7 Å². The number of hydrazone groups is 1. The lowest BCUT2D eigenvalue weighted by atomic mass is 10.0. The number of rotatable bonds is 2. The minimum atomic E-state index is -0.265. The summed E-state index contributed by atoms with van der Waals surface area (Å²) >= 11 is 0. The molecule has 1 N–H and O–H groups in total. The molecule has 2 aliphatic rings. The number of hydrogen-bond acceptors (Lipinski definition) is 5. The smallest absolute Gasteiger partial charge is 0.227 e. The van der Waals surface area contributed by atoms with Gasteiger partial charge in [-0.1, -0.05) is 6.92 Å². The number of nitrogens with zero attached hydrogens (tertiary/aromatic N) is 4. The summed E-state index contributed by atoms with van der Waals surface area (Å²) in [5.74, 6) is 0.517. The summed E-state index contributed by atoms with van der Waals surface area (Å²) < 4.78 is 13.8. The number of guanidine groups is 1. The van der Waals surface area contributed by atoms with Crippen molar-refractivity contribution in [1.29, 1.82) is 0 Å². The maximum atomic E-state index is 13.8. The summed E-state index contributed by atoms with van der Waals surface area (Å²) in [6.45, 7) is 11.7. The standard InChI is InChI=1S/C19H26FN5/c1-5-14(4)18-16-7-6-15(20)12-17(16)22-19(25(18)23-13(2)3)24-10-8-21-9-11-24/h6-7,12,21H,5,8-11H2,1-4H3. The number of halogens is 1. The van der Waals surface area contributed by atoms with E-state index in [0.717, 1.165) is 55.5 Å². The van der Waals surface area contributed by atoms with Gasteiger partial charge < -0.3 is 10.2 Å². The van der Waals surface area contributed by atoms with Crippen LogP contribution in [0.4, 0.5) is 10.1 Å². The summed E-state index contributed by atoms with van der Waals surface area (Å²) in [6, 6.07) is 4.82. The predicted molar refractivity (Wildman–Crippen MR) is 101 cm³/mol. The lowest BCUT2D eigenvalue weighted by Gasteiger charge is -2.38. The van der Waals surface area contributed by atoms with Gasteiger partial charge in [-0.25, -0.2) is 9.38 Å². The van der Waals surface area contributed by atoms with Crippen molar-refractivity contribution < 1.29 is 4.39 Å². The molecule has 6 heteroatoms. The zero-order chi connectivity index (χ0) is 18.0. The molecule has 1 aromatic rings. The van der Waals surface area contributed by atoms with Crippen molar-refractivity contribution in [3.8, 4) is 0 Å². The lowest BCUT2D eigenvalue weighted by molar-refractivity contribution is 0.322. The van der Waals surface area contributed by atoms with E-state index in [1.54, 1.807) is 0 Å². The second-order valence-corrected chi connectivity index (χ2v) is 6.65. The van der Waals surface area contributed by atoms with E-state index < -0.39 is 0 Å². The first-order valence-electron chi connectivity index (χ1n) is 8.87. The van der Waals surface area contributed by atoms with Crippen molar-refractivity contribution in [3.63, 3.8) is 0 Å². The van der Waals surface area contributed by atoms with E-state index in [0.29, 0.717) is 5.69 Å². The maximum Gasteiger partial charge on any atom is 0.227 e. The van der Waals surface area contributed by atoms with E-state index in [-0.39, 0.29) is 5.82 Å². The predicted octanol–water partition coefficient (Wildman–Crippen LogP) is 3.57. The van der Waals surface area contributed by atoms with Crippen molar-refractivity contribution in [1.82, 2.24) is 15.2 Å². The molecule has 0 amide bonds. The average molecular weight is 343 g/mol. The Bertz CT molecular complexity index is 740. The molecule has 0 radical (unpaired) electrons. The monoisotopic (exact) mass is 343 g/mol. The fourth-order valence-corrected chi connectivity index (χ4v) is 3.11. The van der Waals surface area contributed by atoms with Crippen molar-refractivity contribution in [2.24, 2.45) is 10.1 Å². The number of hydrogen-bond donors (Lipinski definition) is 1. The Morgan fingerprint density at radius 1 is 1.24 bits per heavy atom. The van der Waals surface area contributed by atoms with Crippen LogP contribution < -0.4 is 5.32 Å². The van der Waals surface area contributed by atoms with Crippen molar-refractivity contribution in [3.05, 3.63) is 35.2 Å². The first-order valence-corrected chi connectivity index (χ1v) is 8.87. The highest BCUT2D eigenvalue weighted by Crippen LogP contribution is 2.38. The van der Waals surface area contributed by atoms with Gasteiger partial charge in [0.1, 0.15) is 5.82 Å². The Morgan fingerprint density at radius 2 is 1.96 bits per heavy atom. The number of allylic oxidation sites excluding steroid dienone is 1. The third-order valence-electron chi connectivity index (χ3n) is 4.47. The molecule has 0 spiro atoms. The molecule has 1 fully saturated rings. The normalized spacial score (nSPS) is 19.3. The molecular weight excluding hydrogens is 317 g/mol. The van der Waals surface area contributed by atoms with Crippen molar-refractivity contribution in [2.45, 2.75) is 34.1 Å². The van der Waals surface area contributed by atoms with Crippen molar-refractivity contribution in [2.75, 3.05) is 26.2 Å². The van der Waals surface area contributed by atoms with Gasteiger partial charge in [0.25, 0.3) is 0 Å². The van der Waals surface area contributed by atoms with Crippen LogP contribution in [0, 0.1) is 5.82 Å². The average Bonchev–Trinajstić information content (AvgIpc) is 2.61. The highest BCUT2D eigenvalue weighted by Gasteiger charge is 2.31. The number of benzene rings is 1. The minimum absolute atomic E-state index is 0.265. The molecule has 134 valence electrons. The third-order valence-corrected chi connectivity index (χ3v) is 4.47. The number of fused-ring (bicyclic) bond motifs is 1. The molecule has 2 heterocycles. The van der Waals surface area contributed by atoms with Gasteiger partial charge in [0.2, 0.25) is 5.96 Å². The third kappa shape index (κ3) is 3.58. The fourth-order valence-electron chi connectivity index (χ4n) is 3.11. The van der Waals surface area contributed by atoms with Gasteiger partial charge >= 0.3 is 0 Å². The molecule has 5 nitrogen and oxygen atoms in total. The Labute approximate surface area is 148 Å². The van der Waals surface area contributed by atoms with E-state index in [1.807, 2.05) is 24.9 Å². The number of aliphatic imine (C=N–C) groups is 1. The molecule has 25 heavy (non-hydrogen) atoms. The molecule has 0 saturated carbocycles. The Kier molecular flexibility index (Phi) is 5.18. The Morgan fingerprint density at radius 3 is 2.60 bits per heavy atom. The van der Waals surface area contributed by atoms with Gasteiger partial charge in [-0.3, -0.25) is 0 Å². The summed E-state index contributed by atoms with van der Waals surface area (Å²) in [4.78, 5) is 7.01. The van der Waals surface area contributed by atoms with E-state index >= 15 is 0 Å². The van der Waals surface area contributed by atoms with Crippen LogP contribution in [0.25, 0.3) is 5.70 Å². The highest BCUT2D eigenvalue weighted by atomic mass is 19.1. The first kappa shape index (κ1) is 17.6. The van der Waals surface area contributed by atoms with Crippen LogP contribution in [0.15, 0.2) is 33.9 Å². The highest BCUT2D eigenvalue weighted by molar-refractivity contribution is 5.98. The second kappa shape index (κ2) is 7.35. The van der Waals surface area contributed by atoms with Gasteiger partial charge in [-0.2, -0.15) is 10.1 Å². The number of piperazine rings is 1. The lowest BCUT2D eigenvalue weighted by Crippen LogP contribution is -2.51. The zero-order valence-electron chi connectivity index (χ0n) is 15.4. The Hall–Kier alpha value is -2.21. The molecule has 2 aliphatic heterocycles. The molecule has 0 aromatic heterocycles. The van der Waals surface area contributed by atoms with Crippen molar-refractivity contribution >= 4 is 23.1 Å². The SMILES string of the molecule is CCC(C)=C1c2ccc(F)cc2N=C(N2CCNCC2)N1N=C(C)C.